The first-order valence-corrected chi connectivity index (χ1v) is 5.42. The van der Waals surface area contributed by atoms with Gasteiger partial charge in [-0.1, -0.05) is 11.6 Å². The molecule has 5 nitrogen and oxygen atoms in total. The second-order valence-corrected chi connectivity index (χ2v) is 4.19. The van der Waals surface area contributed by atoms with E-state index in [0.717, 1.165) is 0 Å². The van der Waals surface area contributed by atoms with Gasteiger partial charge >= 0.3 is 0 Å². The molecule has 0 spiro atoms. The van der Waals surface area contributed by atoms with Gasteiger partial charge in [-0.05, 0) is 25.1 Å². The molecule has 6 heteroatoms. The van der Waals surface area contributed by atoms with Crippen molar-refractivity contribution in [2.45, 2.75) is 19.4 Å². The standard InChI is InChI=1S/C11H14ClN3O2/c1-6(4-10(14)16)15-11(17)7-2-3-8(12)9(13)5-7/h2-3,5-6H,4,13H2,1H3,(H2,14,16)(H,15,17). The molecule has 0 radical (unpaired) electrons. The van der Waals surface area contributed by atoms with Crippen LogP contribution in [0.5, 0.6) is 0 Å². The molecule has 0 fully saturated rings. The lowest BCUT2D eigenvalue weighted by atomic mass is 10.1. The summed E-state index contributed by atoms with van der Waals surface area (Å²) in [4.78, 5) is 22.4. The van der Waals surface area contributed by atoms with E-state index in [9.17, 15) is 9.59 Å². The third kappa shape index (κ3) is 3.96. The number of benzene rings is 1. The molecule has 0 aromatic heterocycles. The molecular formula is C11H14ClN3O2. The van der Waals surface area contributed by atoms with E-state index < -0.39 is 5.91 Å². The van der Waals surface area contributed by atoms with Gasteiger partial charge in [0.1, 0.15) is 0 Å². The molecule has 0 bridgehead atoms. The Morgan fingerprint density at radius 2 is 2.12 bits per heavy atom. The van der Waals surface area contributed by atoms with Crippen LogP contribution in [0.2, 0.25) is 5.02 Å². The zero-order valence-electron chi connectivity index (χ0n) is 9.37. The molecule has 17 heavy (non-hydrogen) atoms. The Morgan fingerprint density at radius 3 is 2.65 bits per heavy atom. The molecule has 0 heterocycles. The number of nitrogen functional groups attached to an aromatic ring is 1. The molecule has 1 unspecified atom stereocenters. The van der Waals surface area contributed by atoms with Crippen molar-refractivity contribution >= 4 is 29.1 Å². The summed E-state index contributed by atoms with van der Waals surface area (Å²) in [5.41, 5.74) is 11.3. The average Bonchev–Trinajstić information content (AvgIpc) is 2.20. The molecule has 0 saturated carbocycles. The Hall–Kier alpha value is -1.75. The topological polar surface area (TPSA) is 98.2 Å². The van der Waals surface area contributed by atoms with Crippen molar-refractivity contribution in [3.63, 3.8) is 0 Å². The van der Waals surface area contributed by atoms with E-state index in [2.05, 4.69) is 5.32 Å². The van der Waals surface area contributed by atoms with Crippen molar-refractivity contribution in [1.29, 1.82) is 0 Å². The summed E-state index contributed by atoms with van der Waals surface area (Å²) >= 11 is 5.74. The van der Waals surface area contributed by atoms with Crippen LogP contribution in [0.25, 0.3) is 0 Å². The smallest absolute Gasteiger partial charge is 0.251 e. The minimum atomic E-state index is -0.464. The SMILES string of the molecule is CC(CC(N)=O)NC(=O)c1ccc(Cl)c(N)c1. The molecule has 0 saturated heterocycles. The summed E-state index contributed by atoms with van der Waals surface area (Å²) in [7, 11) is 0. The van der Waals surface area contributed by atoms with Gasteiger partial charge in [-0.3, -0.25) is 9.59 Å². The van der Waals surface area contributed by atoms with Crippen molar-refractivity contribution in [3.8, 4) is 0 Å². The number of halogens is 1. The second kappa shape index (κ2) is 5.54. The molecule has 0 aliphatic carbocycles. The molecule has 0 aliphatic heterocycles. The lowest BCUT2D eigenvalue weighted by molar-refractivity contribution is -0.118. The van der Waals surface area contributed by atoms with Gasteiger partial charge in [0.2, 0.25) is 5.91 Å². The molecule has 1 aromatic carbocycles. The van der Waals surface area contributed by atoms with E-state index in [1.807, 2.05) is 0 Å². The zero-order chi connectivity index (χ0) is 13.0. The van der Waals surface area contributed by atoms with Crippen LogP contribution in [-0.2, 0) is 4.79 Å². The highest BCUT2D eigenvalue weighted by molar-refractivity contribution is 6.33. The number of rotatable bonds is 4. The fourth-order valence-electron chi connectivity index (χ4n) is 1.34. The molecule has 0 aliphatic rings. The van der Waals surface area contributed by atoms with E-state index >= 15 is 0 Å². The first-order chi connectivity index (χ1) is 7.90. The normalized spacial score (nSPS) is 11.9. The highest BCUT2D eigenvalue weighted by Crippen LogP contribution is 2.19. The number of primary amides is 1. The minimum absolute atomic E-state index is 0.0921. The van der Waals surface area contributed by atoms with Gasteiger partial charge in [-0.15, -0.1) is 0 Å². The van der Waals surface area contributed by atoms with Crippen LogP contribution in [0.1, 0.15) is 23.7 Å². The molecular weight excluding hydrogens is 242 g/mol. The third-order valence-corrected chi connectivity index (χ3v) is 2.49. The first kappa shape index (κ1) is 13.3. The number of hydrogen-bond acceptors (Lipinski definition) is 3. The fraction of sp³-hybridized carbons (Fsp3) is 0.273. The monoisotopic (exact) mass is 255 g/mol. The van der Waals surface area contributed by atoms with Gasteiger partial charge in [0.05, 0.1) is 10.7 Å². The van der Waals surface area contributed by atoms with Gasteiger partial charge in [0.15, 0.2) is 0 Å². The molecule has 5 N–H and O–H groups in total. The van der Waals surface area contributed by atoms with Crippen LogP contribution in [0.3, 0.4) is 0 Å². The van der Waals surface area contributed by atoms with Gasteiger partial charge in [-0.25, -0.2) is 0 Å². The highest BCUT2D eigenvalue weighted by atomic mass is 35.5. The zero-order valence-corrected chi connectivity index (χ0v) is 10.1. The van der Waals surface area contributed by atoms with Crippen LogP contribution in [0.15, 0.2) is 18.2 Å². The van der Waals surface area contributed by atoms with Crippen molar-refractivity contribution in [2.24, 2.45) is 5.73 Å². The third-order valence-electron chi connectivity index (χ3n) is 2.14. The van der Waals surface area contributed by atoms with E-state index in [1.54, 1.807) is 19.1 Å². The molecule has 1 rings (SSSR count). The number of nitrogens with one attached hydrogen (secondary N) is 1. The Kier molecular flexibility index (Phi) is 4.34. The predicted octanol–water partition coefficient (Wildman–Crippen LogP) is 0.916. The fourth-order valence-corrected chi connectivity index (χ4v) is 1.46. The maximum atomic E-state index is 11.7. The van der Waals surface area contributed by atoms with Gasteiger partial charge in [-0.2, -0.15) is 0 Å². The summed E-state index contributed by atoms with van der Waals surface area (Å²) < 4.78 is 0. The Morgan fingerprint density at radius 1 is 1.47 bits per heavy atom. The van der Waals surface area contributed by atoms with Crippen LogP contribution in [-0.4, -0.2) is 17.9 Å². The number of nitrogens with two attached hydrogens (primary N) is 2. The Balaban J connectivity index is 2.70. The maximum Gasteiger partial charge on any atom is 0.251 e. The van der Waals surface area contributed by atoms with Crippen molar-refractivity contribution < 1.29 is 9.59 Å². The summed E-state index contributed by atoms with van der Waals surface area (Å²) in [5.74, 6) is -0.782. The van der Waals surface area contributed by atoms with Crippen LogP contribution in [0, 0.1) is 0 Å². The lowest BCUT2D eigenvalue weighted by Gasteiger charge is -2.12. The van der Waals surface area contributed by atoms with E-state index in [-0.39, 0.29) is 18.4 Å². The summed E-state index contributed by atoms with van der Waals surface area (Å²) in [6.07, 6.45) is 0.0921. The first-order valence-electron chi connectivity index (χ1n) is 5.04. The van der Waals surface area contributed by atoms with Crippen molar-refractivity contribution in [3.05, 3.63) is 28.8 Å². The highest BCUT2D eigenvalue weighted by Gasteiger charge is 2.12. The Labute approximate surface area is 104 Å². The van der Waals surface area contributed by atoms with Crippen LogP contribution < -0.4 is 16.8 Å². The van der Waals surface area contributed by atoms with Gasteiger partial charge < -0.3 is 16.8 Å². The summed E-state index contributed by atoms with van der Waals surface area (Å²) in [5, 5.41) is 3.03. The van der Waals surface area contributed by atoms with Gasteiger partial charge in [0.25, 0.3) is 5.91 Å². The summed E-state index contributed by atoms with van der Waals surface area (Å²) in [6, 6.07) is 4.27. The van der Waals surface area contributed by atoms with Crippen molar-refractivity contribution in [2.75, 3.05) is 5.73 Å². The van der Waals surface area contributed by atoms with Crippen LogP contribution in [0.4, 0.5) is 5.69 Å². The number of carbonyl (C=O) groups is 2. The quantitative estimate of drug-likeness (QED) is 0.698. The predicted molar refractivity (Wildman–Crippen MR) is 66.6 cm³/mol. The number of amides is 2. The number of hydrogen-bond donors (Lipinski definition) is 3. The second-order valence-electron chi connectivity index (χ2n) is 3.78. The van der Waals surface area contributed by atoms with Gasteiger partial charge in [0, 0.05) is 18.0 Å². The lowest BCUT2D eigenvalue weighted by Crippen LogP contribution is -2.35. The average molecular weight is 256 g/mol. The van der Waals surface area contributed by atoms with Crippen LogP contribution >= 0.6 is 11.6 Å². The van der Waals surface area contributed by atoms with Crippen molar-refractivity contribution in [1.82, 2.24) is 5.32 Å². The largest absolute Gasteiger partial charge is 0.398 e. The minimum Gasteiger partial charge on any atom is -0.398 e. The summed E-state index contributed by atoms with van der Waals surface area (Å²) in [6.45, 7) is 1.70. The number of anilines is 1. The molecule has 92 valence electrons. The molecule has 1 atom stereocenters. The molecule has 2 amide bonds. The Bertz CT molecular complexity index is 448. The van der Waals surface area contributed by atoms with E-state index in [0.29, 0.717) is 16.3 Å². The van der Waals surface area contributed by atoms with E-state index in [1.165, 1.54) is 6.07 Å². The maximum absolute atomic E-state index is 11.7. The van der Waals surface area contributed by atoms with E-state index in [4.69, 9.17) is 23.1 Å². The molecule has 1 aromatic rings. The number of carbonyl (C=O) groups excluding carboxylic acids is 2.